The molecule has 0 aliphatic heterocycles. The summed E-state index contributed by atoms with van der Waals surface area (Å²) < 4.78 is 38.6. The Balaban J connectivity index is 1.79. The third-order valence-corrected chi connectivity index (χ3v) is 4.03. The van der Waals surface area contributed by atoms with Crippen LogP contribution in [0.15, 0.2) is 24.4 Å². The quantitative estimate of drug-likeness (QED) is 0.729. The predicted molar refractivity (Wildman–Crippen MR) is 91.8 cm³/mol. The van der Waals surface area contributed by atoms with Crippen LogP contribution in [0.2, 0.25) is 5.02 Å². The molecule has 26 heavy (non-hydrogen) atoms. The van der Waals surface area contributed by atoms with Crippen molar-refractivity contribution >= 4 is 35.0 Å². The average molecular weight is 386 g/mol. The van der Waals surface area contributed by atoms with E-state index >= 15 is 0 Å². The van der Waals surface area contributed by atoms with Gasteiger partial charge in [0.2, 0.25) is 5.95 Å². The van der Waals surface area contributed by atoms with Gasteiger partial charge >= 0.3 is 6.18 Å². The van der Waals surface area contributed by atoms with Crippen molar-refractivity contribution in [1.82, 2.24) is 15.3 Å². The van der Waals surface area contributed by atoms with E-state index in [1.165, 1.54) is 13.1 Å². The highest BCUT2D eigenvalue weighted by molar-refractivity contribution is 6.33. The van der Waals surface area contributed by atoms with Crippen molar-refractivity contribution < 1.29 is 18.0 Å². The van der Waals surface area contributed by atoms with Gasteiger partial charge in [0, 0.05) is 24.8 Å². The molecule has 1 aromatic heterocycles. The number of amides is 1. The first-order valence-electron chi connectivity index (χ1n) is 7.77. The lowest BCUT2D eigenvalue weighted by Crippen LogP contribution is -2.25. The lowest BCUT2D eigenvalue weighted by Gasteiger charge is -2.13. The molecular weight excluding hydrogens is 371 g/mol. The van der Waals surface area contributed by atoms with E-state index in [1.807, 2.05) is 0 Å². The molecule has 3 rings (SSSR count). The number of nitrogens with zero attached hydrogens (tertiary/aromatic N) is 2. The van der Waals surface area contributed by atoms with E-state index in [1.54, 1.807) is 12.1 Å². The first kappa shape index (κ1) is 18.2. The average Bonchev–Trinajstić information content (AvgIpc) is 3.39. The lowest BCUT2D eigenvalue weighted by molar-refractivity contribution is -0.137. The van der Waals surface area contributed by atoms with Gasteiger partial charge < -0.3 is 16.0 Å². The summed E-state index contributed by atoms with van der Waals surface area (Å²) in [6.07, 6.45) is -1.94. The summed E-state index contributed by atoms with van der Waals surface area (Å²) in [5.41, 5.74) is -0.197. The summed E-state index contributed by atoms with van der Waals surface area (Å²) in [7, 11) is 1.33. The molecule has 0 atom stereocenters. The SMILES string of the molecule is CNc1nc(Nc2ccc(C(=O)NC3CC3)cc2Cl)ncc1C(F)(F)F. The van der Waals surface area contributed by atoms with Crippen LogP contribution in [0, 0.1) is 0 Å². The summed E-state index contributed by atoms with van der Waals surface area (Å²) in [6.45, 7) is 0. The topological polar surface area (TPSA) is 78.9 Å². The van der Waals surface area contributed by atoms with Crippen LogP contribution in [-0.4, -0.2) is 29.0 Å². The molecule has 2 aromatic rings. The number of benzene rings is 1. The zero-order chi connectivity index (χ0) is 18.9. The molecule has 1 heterocycles. The first-order chi connectivity index (χ1) is 12.3. The molecule has 1 aromatic carbocycles. The van der Waals surface area contributed by atoms with Crippen LogP contribution in [0.25, 0.3) is 0 Å². The normalized spacial score (nSPS) is 14.0. The number of carbonyl (C=O) groups is 1. The predicted octanol–water partition coefficient (Wildman–Crippen LogP) is 3.83. The number of aromatic nitrogens is 2. The van der Waals surface area contributed by atoms with Crippen molar-refractivity contribution in [3.05, 3.63) is 40.5 Å². The Kier molecular flexibility index (Phi) is 4.90. The van der Waals surface area contributed by atoms with Crippen LogP contribution in [0.1, 0.15) is 28.8 Å². The lowest BCUT2D eigenvalue weighted by atomic mass is 10.2. The van der Waals surface area contributed by atoms with Crippen LogP contribution in [-0.2, 0) is 6.18 Å². The van der Waals surface area contributed by atoms with Crippen LogP contribution in [0.3, 0.4) is 0 Å². The highest BCUT2D eigenvalue weighted by Crippen LogP contribution is 2.34. The molecule has 0 saturated heterocycles. The standard InChI is InChI=1S/C16H15ClF3N5O/c1-21-13-10(16(18,19)20)7-22-15(25-13)24-12-5-2-8(6-11(12)17)14(26)23-9-3-4-9/h2,5-7,9H,3-4H2,1H3,(H,23,26)(H2,21,22,24,25). The molecule has 138 valence electrons. The van der Waals surface area contributed by atoms with Gasteiger partial charge in [0.25, 0.3) is 5.91 Å². The van der Waals surface area contributed by atoms with Gasteiger partial charge in [-0.1, -0.05) is 11.6 Å². The smallest absolute Gasteiger partial charge is 0.372 e. The van der Waals surface area contributed by atoms with E-state index in [0.717, 1.165) is 12.8 Å². The number of anilines is 3. The zero-order valence-electron chi connectivity index (χ0n) is 13.6. The van der Waals surface area contributed by atoms with Crippen molar-refractivity contribution in [2.45, 2.75) is 25.1 Å². The van der Waals surface area contributed by atoms with Gasteiger partial charge in [-0.25, -0.2) is 4.98 Å². The third-order valence-electron chi connectivity index (χ3n) is 3.72. The summed E-state index contributed by atoms with van der Waals surface area (Å²) in [4.78, 5) is 19.5. The number of rotatable bonds is 5. The Morgan fingerprint density at radius 3 is 2.62 bits per heavy atom. The maximum atomic E-state index is 12.9. The fourth-order valence-corrected chi connectivity index (χ4v) is 2.44. The van der Waals surface area contributed by atoms with Gasteiger partial charge in [-0.2, -0.15) is 18.2 Å². The minimum absolute atomic E-state index is 0.0561. The highest BCUT2D eigenvalue weighted by atomic mass is 35.5. The second-order valence-electron chi connectivity index (χ2n) is 5.77. The van der Waals surface area contributed by atoms with E-state index in [2.05, 4.69) is 25.9 Å². The first-order valence-corrected chi connectivity index (χ1v) is 8.15. The fourth-order valence-electron chi connectivity index (χ4n) is 2.21. The number of hydrogen-bond acceptors (Lipinski definition) is 5. The Morgan fingerprint density at radius 1 is 1.31 bits per heavy atom. The third kappa shape index (κ3) is 4.16. The summed E-state index contributed by atoms with van der Waals surface area (Å²) in [6, 6.07) is 4.81. The summed E-state index contributed by atoms with van der Waals surface area (Å²) >= 11 is 6.16. The van der Waals surface area contributed by atoms with Crippen LogP contribution < -0.4 is 16.0 Å². The van der Waals surface area contributed by atoms with Gasteiger partial charge in [-0.05, 0) is 31.0 Å². The number of carbonyl (C=O) groups excluding carboxylic acids is 1. The molecule has 1 aliphatic carbocycles. The largest absolute Gasteiger partial charge is 0.421 e. The monoisotopic (exact) mass is 385 g/mol. The van der Waals surface area contributed by atoms with Crippen molar-refractivity contribution in [3.63, 3.8) is 0 Å². The Morgan fingerprint density at radius 2 is 2.04 bits per heavy atom. The molecule has 0 spiro atoms. The number of hydrogen-bond donors (Lipinski definition) is 3. The van der Waals surface area contributed by atoms with Crippen LogP contribution >= 0.6 is 11.6 Å². The van der Waals surface area contributed by atoms with E-state index in [4.69, 9.17) is 11.6 Å². The fraction of sp³-hybridized carbons (Fsp3) is 0.312. The molecule has 6 nitrogen and oxygen atoms in total. The molecule has 1 fully saturated rings. The minimum Gasteiger partial charge on any atom is -0.372 e. The zero-order valence-corrected chi connectivity index (χ0v) is 14.4. The van der Waals surface area contributed by atoms with E-state index in [0.29, 0.717) is 17.4 Å². The second-order valence-corrected chi connectivity index (χ2v) is 6.18. The van der Waals surface area contributed by atoms with Gasteiger partial charge in [0.05, 0.1) is 10.7 Å². The van der Waals surface area contributed by atoms with E-state index in [-0.39, 0.29) is 28.7 Å². The Labute approximate surface area is 152 Å². The summed E-state index contributed by atoms with van der Waals surface area (Å²) in [5.74, 6) is -0.629. The van der Waals surface area contributed by atoms with Crippen molar-refractivity contribution in [1.29, 1.82) is 0 Å². The maximum Gasteiger partial charge on any atom is 0.421 e. The van der Waals surface area contributed by atoms with Gasteiger partial charge in [-0.3, -0.25) is 4.79 Å². The van der Waals surface area contributed by atoms with Crippen molar-refractivity contribution in [3.8, 4) is 0 Å². The van der Waals surface area contributed by atoms with Gasteiger partial charge in [0.15, 0.2) is 0 Å². The molecule has 1 saturated carbocycles. The van der Waals surface area contributed by atoms with Crippen LogP contribution in [0.4, 0.5) is 30.6 Å². The van der Waals surface area contributed by atoms with Gasteiger partial charge in [0.1, 0.15) is 11.4 Å². The molecule has 0 bridgehead atoms. The maximum absolute atomic E-state index is 12.9. The van der Waals surface area contributed by atoms with Crippen molar-refractivity contribution in [2.75, 3.05) is 17.7 Å². The molecule has 1 aliphatic rings. The highest BCUT2D eigenvalue weighted by Gasteiger charge is 2.35. The summed E-state index contributed by atoms with van der Waals surface area (Å²) in [5, 5.41) is 8.22. The molecule has 3 N–H and O–H groups in total. The molecular formula is C16H15ClF3N5O. The molecule has 0 radical (unpaired) electrons. The van der Waals surface area contributed by atoms with Crippen LogP contribution in [0.5, 0.6) is 0 Å². The minimum atomic E-state index is -4.56. The van der Waals surface area contributed by atoms with E-state index < -0.39 is 11.7 Å². The number of nitrogens with one attached hydrogen (secondary N) is 3. The second kappa shape index (κ2) is 6.99. The molecule has 0 unspecified atom stereocenters. The Hall–Kier alpha value is -2.55. The Bertz CT molecular complexity index is 839. The van der Waals surface area contributed by atoms with Gasteiger partial charge in [-0.15, -0.1) is 0 Å². The number of alkyl halides is 3. The molecule has 1 amide bonds. The number of halogens is 4. The molecule has 10 heteroatoms. The van der Waals surface area contributed by atoms with Crippen molar-refractivity contribution in [2.24, 2.45) is 0 Å². The van der Waals surface area contributed by atoms with E-state index in [9.17, 15) is 18.0 Å².